The number of anilines is 1. The summed E-state index contributed by atoms with van der Waals surface area (Å²) in [4.78, 5) is 8.90. The van der Waals surface area contributed by atoms with Crippen LogP contribution in [0.2, 0.25) is 0 Å². The van der Waals surface area contributed by atoms with E-state index in [1.54, 1.807) is 6.33 Å². The van der Waals surface area contributed by atoms with E-state index >= 15 is 0 Å². The van der Waals surface area contributed by atoms with Gasteiger partial charge in [0.15, 0.2) is 0 Å². The molecule has 20 heavy (non-hydrogen) atoms. The molecule has 0 saturated heterocycles. The minimum atomic E-state index is 0.172. The SMILES string of the molecule is CC(C)(CCCO)CNc1ncnc2c1CCCCC2. The maximum atomic E-state index is 8.96. The molecule has 112 valence electrons. The van der Waals surface area contributed by atoms with Crippen LogP contribution < -0.4 is 5.32 Å². The number of fused-ring (bicyclic) bond motifs is 1. The highest BCUT2D eigenvalue weighted by Gasteiger charge is 2.19. The molecule has 0 fully saturated rings. The molecule has 0 aromatic carbocycles. The molecule has 1 heterocycles. The van der Waals surface area contributed by atoms with Gasteiger partial charge in [0, 0.05) is 24.4 Å². The van der Waals surface area contributed by atoms with Crippen LogP contribution in [0.1, 0.15) is 57.2 Å². The van der Waals surface area contributed by atoms with Crippen molar-refractivity contribution in [2.75, 3.05) is 18.5 Å². The van der Waals surface area contributed by atoms with Crippen molar-refractivity contribution in [1.29, 1.82) is 0 Å². The first kappa shape index (κ1) is 15.2. The fraction of sp³-hybridized carbons (Fsp3) is 0.750. The number of nitrogens with zero attached hydrogens (tertiary/aromatic N) is 2. The van der Waals surface area contributed by atoms with Crippen molar-refractivity contribution < 1.29 is 5.11 Å². The molecule has 1 aromatic heterocycles. The number of aliphatic hydroxyl groups excluding tert-OH is 1. The van der Waals surface area contributed by atoms with Gasteiger partial charge in [0.1, 0.15) is 12.1 Å². The van der Waals surface area contributed by atoms with E-state index in [-0.39, 0.29) is 12.0 Å². The van der Waals surface area contributed by atoms with E-state index in [1.807, 2.05) is 0 Å². The van der Waals surface area contributed by atoms with Crippen LogP contribution in [-0.4, -0.2) is 28.2 Å². The number of aliphatic hydroxyl groups is 1. The molecule has 2 rings (SSSR count). The summed E-state index contributed by atoms with van der Waals surface area (Å²) in [5.74, 6) is 1.02. The van der Waals surface area contributed by atoms with Crippen molar-refractivity contribution in [3.05, 3.63) is 17.6 Å². The molecular weight excluding hydrogens is 250 g/mol. The van der Waals surface area contributed by atoms with Gasteiger partial charge in [-0.2, -0.15) is 0 Å². The largest absolute Gasteiger partial charge is 0.396 e. The van der Waals surface area contributed by atoms with E-state index in [4.69, 9.17) is 5.11 Å². The number of rotatable bonds is 6. The van der Waals surface area contributed by atoms with Crippen LogP contribution in [0.15, 0.2) is 6.33 Å². The van der Waals surface area contributed by atoms with Crippen LogP contribution in [0, 0.1) is 5.41 Å². The molecule has 0 atom stereocenters. The van der Waals surface area contributed by atoms with E-state index in [0.717, 1.165) is 38.0 Å². The molecule has 0 spiro atoms. The van der Waals surface area contributed by atoms with Crippen LogP contribution in [0.5, 0.6) is 0 Å². The first-order valence-corrected chi connectivity index (χ1v) is 7.80. The molecule has 0 saturated carbocycles. The molecule has 0 bridgehead atoms. The van der Waals surface area contributed by atoms with Crippen molar-refractivity contribution in [2.45, 2.75) is 58.8 Å². The Morgan fingerprint density at radius 2 is 2.00 bits per heavy atom. The summed E-state index contributed by atoms with van der Waals surface area (Å²) < 4.78 is 0. The second-order valence-corrected chi connectivity index (χ2v) is 6.55. The Morgan fingerprint density at radius 3 is 2.80 bits per heavy atom. The normalized spacial score (nSPS) is 15.6. The van der Waals surface area contributed by atoms with E-state index in [1.165, 1.54) is 30.5 Å². The van der Waals surface area contributed by atoms with Crippen LogP contribution in [0.25, 0.3) is 0 Å². The molecule has 1 aliphatic rings. The van der Waals surface area contributed by atoms with E-state index in [0.29, 0.717) is 0 Å². The lowest BCUT2D eigenvalue weighted by atomic mass is 9.88. The predicted octanol–water partition coefficient (Wildman–Crippen LogP) is 2.96. The smallest absolute Gasteiger partial charge is 0.132 e. The fourth-order valence-corrected chi connectivity index (χ4v) is 2.82. The van der Waals surface area contributed by atoms with Gasteiger partial charge in [-0.3, -0.25) is 0 Å². The van der Waals surface area contributed by atoms with Crippen LogP contribution in [0.4, 0.5) is 5.82 Å². The number of nitrogens with one attached hydrogen (secondary N) is 1. The summed E-state index contributed by atoms with van der Waals surface area (Å²) >= 11 is 0. The van der Waals surface area contributed by atoms with Gasteiger partial charge in [-0.1, -0.05) is 20.3 Å². The Labute approximate surface area is 122 Å². The summed E-state index contributed by atoms with van der Waals surface area (Å²) in [6.07, 6.45) is 9.51. The molecule has 0 radical (unpaired) electrons. The number of aryl methyl sites for hydroxylation is 1. The highest BCUT2D eigenvalue weighted by Crippen LogP contribution is 2.26. The van der Waals surface area contributed by atoms with Gasteiger partial charge < -0.3 is 10.4 Å². The van der Waals surface area contributed by atoms with E-state index in [2.05, 4.69) is 29.1 Å². The lowest BCUT2D eigenvalue weighted by molar-refractivity contribution is 0.248. The predicted molar refractivity (Wildman–Crippen MR) is 81.9 cm³/mol. The standard InChI is InChI=1S/C16H27N3O/c1-16(2,9-6-10-20)11-17-15-13-7-4-3-5-8-14(13)18-12-19-15/h12,20H,3-11H2,1-2H3,(H,17,18,19). The van der Waals surface area contributed by atoms with Crippen molar-refractivity contribution in [1.82, 2.24) is 9.97 Å². The Hall–Kier alpha value is -1.16. The summed E-state index contributed by atoms with van der Waals surface area (Å²) in [6, 6.07) is 0. The van der Waals surface area contributed by atoms with Gasteiger partial charge in [-0.05, 0) is 43.9 Å². The first-order valence-electron chi connectivity index (χ1n) is 7.80. The maximum absolute atomic E-state index is 8.96. The van der Waals surface area contributed by atoms with Crippen molar-refractivity contribution in [3.63, 3.8) is 0 Å². The average Bonchev–Trinajstić information content (AvgIpc) is 2.68. The molecule has 0 unspecified atom stereocenters. The summed E-state index contributed by atoms with van der Waals surface area (Å²) in [7, 11) is 0. The molecule has 2 N–H and O–H groups in total. The van der Waals surface area contributed by atoms with Gasteiger partial charge in [-0.25, -0.2) is 9.97 Å². The lowest BCUT2D eigenvalue weighted by Gasteiger charge is -2.25. The quantitative estimate of drug-likeness (QED) is 0.785. The van der Waals surface area contributed by atoms with Gasteiger partial charge in [0.05, 0.1) is 0 Å². The van der Waals surface area contributed by atoms with Gasteiger partial charge in [-0.15, -0.1) is 0 Å². The van der Waals surface area contributed by atoms with Gasteiger partial charge in [0.2, 0.25) is 0 Å². The first-order chi connectivity index (χ1) is 9.62. The minimum Gasteiger partial charge on any atom is -0.396 e. The third kappa shape index (κ3) is 4.17. The Kier molecular flexibility index (Phi) is 5.35. The van der Waals surface area contributed by atoms with Crippen molar-refractivity contribution in [3.8, 4) is 0 Å². The highest BCUT2D eigenvalue weighted by molar-refractivity contribution is 5.46. The maximum Gasteiger partial charge on any atom is 0.132 e. The summed E-state index contributed by atoms with van der Waals surface area (Å²) in [6.45, 7) is 5.62. The summed E-state index contributed by atoms with van der Waals surface area (Å²) in [5, 5.41) is 12.5. The van der Waals surface area contributed by atoms with Crippen molar-refractivity contribution in [2.24, 2.45) is 5.41 Å². The zero-order valence-electron chi connectivity index (χ0n) is 12.8. The Balaban J connectivity index is 2.02. The molecule has 4 heteroatoms. The number of aromatic nitrogens is 2. The second-order valence-electron chi connectivity index (χ2n) is 6.55. The van der Waals surface area contributed by atoms with E-state index < -0.39 is 0 Å². The molecular formula is C16H27N3O. The van der Waals surface area contributed by atoms with Gasteiger partial charge >= 0.3 is 0 Å². The van der Waals surface area contributed by atoms with Crippen LogP contribution >= 0.6 is 0 Å². The minimum absolute atomic E-state index is 0.172. The molecule has 0 aliphatic heterocycles. The topological polar surface area (TPSA) is 58.0 Å². The lowest BCUT2D eigenvalue weighted by Crippen LogP contribution is -2.24. The molecule has 4 nitrogen and oxygen atoms in total. The molecule has 1 aromatic rings. The zero-order chi connectivity index (χ0) is 14.4. The Bertz CT molecular complexity index is 432. The molecule has 0 amide bonds. The Morgan fingerprint density at radius 1 is 1.20 bits per heavy atom. The zero-order valence-corrected chi connectivity index (χ0v) is 12.8. The van der Waals surface area contributed by atoms with Crippen LogP contribution in [0.3, 0.4) is 0 Å². The van der Waals surface area contributed by atoms with Crippen LogP contribution in [-0.2, 0) is 12.8 Å². The average molecular weight is 277 g/mol. The monoisotopic (exact) mass is 277 g/mol. The number of hydrogen-bond acceptors (Lipinski definition) is 4. The van der Waals surface area contributed by atoms with Gasteiger partial charge in [0.25, 0.3) is 0 Å². The fourth-order valence-electron chi connectivity index (χ4n) is 2.82. The second kappa shape index (κ2) is 7.02. The van der Waals surface area contributed by atoms with E-state index in [9.17, 15) is 0 Å². The summed E-state index contributed by atoms with van der Waals surface area (Å²) in [5.41, 5.74) is 2.72. The van der Waals surface area contributed by atoms with Crippen molar-refractivity contribution >= 4 is 5.82 Å². The third-order valence-electron chi connectivity index (χ3n) is 4.12. The molecule has 1 aliphatic carbocycles. The third-order valence-corrected chi connectivity index (χ3v) is 4.12. The number of hydrogen-bond donors (Lipinski definition) is 2. The highest BCUT2D eigenvalue weighted by atomic mass is 16.2.